The summed E-state index contributed by atoms with van der Waals surface area (Å²) >= 11 is 0. The Bertz CT molecular complexity index is 856. The Labute approximate surface area is 166 Å². The summed E-state index contributed by atoms with van der Waals surface area (Å²) in [5.41, 5.74) is 2.42. The first-order chi connectivity index (χ1) is 13.8. The molecule has 1 fully saturated rings. The number of benzene rings is 2. The highest BCUT2D eigenvalue weighted by atomic mass is 16.5. The van der Waals surface area contributed by atoms with Crippen LogP contribution in [0.4, 0.5) is 0 Å². The molecule has 4 rings (SSSR count). The van der Waals surface area contributed by atoms with Gasteiger partial charge >= 0.3 is 0 Å². The zero-order chi connectivity index (χ0) is 19.2. The molecule has 1 saturated heterocycles. The third-order valence-electron chi connectivity index (χ3n) is 5.46. The molecular formula is C23H29N3O2. The van der Waals surface area contributed by atoms with Crippen molar-refractivity contribution < 1.29 is 9.84 Å². The van der Waals surface area contributed by atoms with Crippen LogP contribution < -0.4 is 10.1 Å². The van der Waals surface area contributed by atoms with Gasteiger partial charge in [-0.15, -0.1) is 0 Å². The predicted octanol–water partition coefficient (Wildman–Crippen LogP) is 3.16. The lowest BCUT2D eigenvalue weighted by molar-refractivity contribution is 0.0986. The number of aliphatic hydroxyl groups excluding tert-OH is 1. The number of hydrogen-bond acceptors (Lipinski definition) is 4. The van der Waals surface area contributed by atoms with Gasteiger partial charge in [-0.3, -0.25) is 4.90 Å². The molecule has 0 saturated carbocycles. The molecule has 3 aromatic rings. The van der Waals surface area contributed by atoms with Gasteiger partial charge in [0.1, 0.15) is 18.5 Å². The van der Waals surface area contributed by atoms with Gasteiger partial charge in [0.25, 0.3) is 0 Å². The van der Waals surface area contributed by atoms with Crippen molar-refractivity contribution in [3.05, 3.63) is 66.4 Å². The van der Waals surface area contributed by atoms with Crippen LogP contribution in [0.15, 0.2) is 60.8 Å². The largest absolute Gasteiger partial charge is 0.490 e. The molecule has 2 aromatic carbocycles. The summed E-state index contributed by atoms with van der Waals surface area (Å²) in [6, 6.07) is 19.0. The topological polar surface area (TPSA) is 60.5 Å². The molecule has 1 atom stereocenters. The number of nitrogens with zero attached hydrogens (tertiary/aromatic N) is 1. The number of hydrogen-bond donors (Lipinski definition) is 3. The smallest absolute Gasteiger partial charge is 0.128 e. The fourth-order valence-corrected chi connectivity index (χ4v) is 3.87. The van der Waals surface area contributed by atoms with Gasteiger partial charge in [0, 0.05) is 36.2 Å². The zero-order valence-electron chi connectivity index (χ0n) is 16.2. The summed E-state index contributed by atoms with van der Waals surface area (Å²) in [6.45, 7) is 4.06. The van der Waals surface area contributed by atoms with Gasteiger partial charge in [0.15, 0.2) is 0 Å². The van der Waals surface area contributed by atoms with Crippen molar-refractivity contribution >= 4 is 10.9 Å². The number of ether oxygens (including phenoxy) is 1. The number of aromatic amines is 1. The second-order valence-electron chi connectivity index (χ2n) is 7.60. The fourth-order valence-electron chi connectivity index (χ4n) is 3.87. The maximum atomic E-state index is 10.3. The molecule has 1 aliphatic rings. The molecule has 0 spiro atoms. The first-order valence-electron chi connectivity index (χ1n) is 10.1. The number of nitrogens with one attached hydrogen (secondary N) is 2. The monoisotopic (exact) mass is 379 g/mol. The van der Waals surface area contributed by atoms with Gasteiger partial charge < -0.3 is 20.1 Å². The average molecular weight is 380 g/mol. The molecule has 5 heteroatoms. The van der Waals surface area contributed by atoms with Crippen molar-refractivity contribution in [1.82, 2.24) is 15.2 Å². The summed E-state index contributed by atoms with van der Waals surface area (Å²) in [5.74, 6) is 0.812. The molecule has 1 aliphatic heterocycles. The normalized spacial score (nSPS) is 17.0. The van der Waals surface area contributed by atoms with Gasteiger partial charge in [0.2, 0.25) is 0 Å². The predicted molar refractivity (Wildman–Crippen MR) is 113 cm³/mol. The second-order valence-corrected chi connectivity index (χ2v) is 7.60. The van der Waals surface area contributed by atoms with E-state index in [1.165, 1.54) is 5.56 Å². The van der Waals surface area contributed by atoms with E-state index in [9.17, 15) is 5.11 Å². The van der Waals surface area contributed by atoms with Gasteiger partial charge in [-0.2, -0.15) is 0 Å². The summed E-state index contributed by atoms with van der Waals surface area (Å²) in [4.78, 5) is 5.68. The molecule has 2 heterocycles. The lowest BCUT2D eigenvalue weighted by atomic mass is 10.0. The third kappa shape index (κ3) is 4.93. The van der Waals surface area contributed by atoms with E-state index < -0.39 is 6.10 Å². The maximum Gasteiger partial charge on any atom is 0.128 e. The van der Waals surface area contributed by atoms with Crippen LogP contribution in [0.5, 0.6) is 5.75 Å². The van der Waals surface area contributed by atoms with Crippen molar-refractivity contribution in [1.29, 1.82) is 0 Å². The van der Waals surface area contributed by atoms with E-state index >= 15 is 0 Å². The first kappa shape index (κ1) is 19.0. The molecular weight excluding hydrogens is 350 g/mol. The van der Waals surface area contributed by atoms with Crippen LogP contribution in [-0.4, -0.2) is 53.4 Å². The van der Waals surface area contributed by atoms with Gasteiger partial charge in [-0.25, -0.2) is 0 Å². The Hall–Kier alpha value is -2.34. The summed E-state index contributed by atoms with van der Waals surface area (Å²) < 4.78 is 5.84. The maximum absolute atomic E-state index is 10.3. The molecule has 0 amide bonds. The van der Waals surface area contributed by atoms with E-state index in [4.69, 9.17) is 4.74 Å². The molecule has 1 aromatic heterocycles. The number of likely N-dealkylation sites (tertiary alicyclic amines) is 1. The van der Waals surface area contributed by atoms with Crippen molar-refractivity contribution in [3.63, 3.8) is 0 Å². The minimum Gasteiger partial charge on any atom is -0.490 e. The molecule has 28 heavy (non-hydrogen) atoms. The molecule has 5 nitrogen and oxygen atoms in total. The molecule has 148 valence electrons. The fraction of sp³-hybridized carbons (Fsp3) is 0.391. The summed E-state index contributed by atoms with van der Waals surface area (Å²) in [5, 5.41) is 14.9. The van der Waals surface area contributed by atoms with E-state index in [1.54, 1.807) is 0 Å². The highest BCUT2D eigenvalue weighted by molar-refractivity contribution is 5.85. The van der Waals surface area contributed by atoms with Crippen molar-refractivity contribution in [2.75, 3.05) is 26.2 Å². The molecule has 0 aliphatic carbocycles. The number of fused-ring (bicyclic) bond motifs is 1. The van der Waals surface area contributed by atoms with Gasteiger partial charge in [-0.1, -0.05) is 36.4 Å². The Morgan fingerprint density at radius 1 is 1.07 bits per heavy atom. The summed E-state index contributed by atoms with van der Waals surface area (Å²) in [6.07, 6.45) is 3.61. The van der Waals surface area contributed by atoms with Crippen molar-refractivity contribution in [2.45, 2.75) is 31.5 Å². The molecule has 3 N–H and O–H groups in total. The van der Waals surface area contributed by atoms with Crippen molar-refractivity contribution in [2.24, 2.45) is 0 Å². The van der Waals surface area contributed by atoms with E-state index in [0.717, 1.165) is 49.1 Å². The van der Waals surface area contributed by atoms with Crippen LogP contribution in [0.1, 0.15) is 18.4 Å². The molecule has 0 bridgehead atoms. The third-order valence-corrected chi connectivity index (χ3v) is 5.46. The highest BCUT2D eigenvalue weighted by Crippen LogP contribution is 2.24. The van der Waals surface area contributed by atoms with Crippen LogP contribution in [0, 0.1) is 0 Å². The first-order valence-corrected chi connectivity index (χ1v) is 10.1. The van der Waals surface area contributed by atoms with E-state index in [2.05, 4.69) is 45.5 Å². The Balaban J connectivity index is 1.16. The van der Waals surface area contributed by atoms with Gasteiger partial charge in [0.05, 0.1) is 0 Å². The number of piperidine rings is 1. The Morgan fingerprint density at radius 2 is 1.89 bits per heavy atom. The van der Waals surface area contributed by atoms with Crippen LogP contribution in [0.25, 0.3) is 10.9 Å². The van der Waals surface area contributed by atoms with Gasteiger partial charge in [-0.05, 0) is 49.7 Å². The lowest BCUT2D eigenvalue weighted by Crippen LogP contribution is -2.45. The van der Waals surface area contributed by atoms with E-state index in [0.29, 0.717) is 19.2 Å². The van der Waals surface area contributed by atoms with Crippen LogP contribution in [0.3, 0.4) is 0 Å². The Kier molecular flexibility index (Phi) is 6.27. The van der Waals surface area contributed by atoms with E-state index in [1.807, 2.05) is 30.5 Å². The highest BCUT2D eigenvalue weighted by Gasteiger charge is 2.19. The van der Waals surface area contributed by atoms with Crippen LogP contribution >= 0.6 is 0 Å². The second kappa shape index (κ2) is 9.24. The van der Waals surface area contributed by atoms with Crippen LogP contribution in [0.2, 0.25) is 0 Å². The quantitative estimate of drug-likeness (QED) is 0.563. The number of aromatic nitrogens is 1. The number of H-pyrrole nitrogens is 1. The minimum atomic E-state index is -0.517. The van der Waals surface area contributed by atoms with Crippen LogP contribution in [-0.2, 0) is 6.54 Å². The Morgan fingerprint density at radius 3 is 2.71 bits per heavy atom. The molecule has 0 unspecified atom stereocenters. The van der Waals surface area contributed by atoms with Crippen molar-refractivity contribution in [3.8, 4) is 5.75 Å². The van der Waals surface area contributed by atoms with E-state index in [-0.39, 0.29) is 0 Å². The number of aliphatic hydroxyl groups is 1. The minimum absolute atomic E-state index is 0.296. The summed E-state index contributed by atoms with van der Waals surface area (Å²) in [7, 11) is 0. The lowest BCUT2D eigenvalue weighted by Gasteiger charge is -2.33. The average Bonchev–Trinajstić information content (AvgIpc) is 3.22. The standard InChI is InChI=1S/C23H29N3O2/c27-20(17-28-23-8-4-7-22-21(23)9-12-24-22)15-25-19-10-13-26(14-11-19)16-18-5-2-1-3-6-18/h1-9,12,19-20,24-25,27H,10-11,13-17H2/t20-/m0/s1. The zero-order valence-corrected chi connectivity index (χ0v) is 16.2. The molecule has 0 radical (unpaired) electrons. The SMILES string of the molecule is O[C@@H](CNC1CCN(Cc2ccccc2)CC1)COc1cccc2[nH]ccc12. The number of rotatable bonds is 8.